The Hall–Kier alpha value is -3.21. The van der Waals surface area contributed by atoms with Crippen LogP contribution in [0.4, 0.5) is 0 Å². The minimum Gasteiger partial charge on any atom is -0.360 e. The number of nitrogens with zero attached hydrogens (tertiary/aromatic N) is 2. The van der Waals surface area contributed by atoms with E-state index in [1.807, 2.05) is 36.4 Å². The second kappa shape index (κ2) is 7.43. The van der Waals surface area contributed by atoms with Gasteiger partial charge >= 0.3 is 5.97 Å². The molecule has 0 saturated carbocycles. The molecule has 0 N–H and O–H groups in total. The van der Waals surface area contributed by atoms with Crippen LogP contribution < -0.4 is 0 Å². The van der Waals surface area contributed by atoms with E-state index >= 15 is 0 Å². The third-order valence-corrected chi connectivity index (χ3v) is 4.87. The first kappa shape index (κ1) is 18.2. The van der Waals surface area contributed by atoms with Gasteiger partial charge in [-0.2, -0.15) is 0 Å². The third-order valence-electron chi connectivity index (χ3n) is 4.87. The third kappa shape index (κ3) is 3.88. The van der Waals surface area contributed by atoms with E-state index in [1.54, 1.807) is 24.3 Å². The van der Waals surface area contributed by atoms with Crippen LogP contribution in [-0.2, 0) is 17.7 Å². The highest BCUT2D eigenvalue weighted by atomic mass is 16.7. The Morgan fingerprint density at radius 1 is 1.07 bits per heavy atom. The molecule has 1 aliphatic rings. The van der Waals surface area contributed by atoms with Gasteiger partial charge in [0.05, 0.1) is 22.5 Å². The lowest BCUT2D eigenvalue weighted by Crippen LogP contribution is -2.28. The fourth-order valence-electron chi connectivity index (χ4n) is 3.57. The summed E-state index contributed by atoms with van der Waals surface area (Å²) in [4.78, 5) is 17.6. The van der Waals surface area contributed by atoms with E-state index in [2.05, 4.69) is 24.2 Å². The number of carbonyl (C=O) groups excluding carboxylic acids is 1. The van der Waals surface area contributed by atoms with Gasteiger partial charge in [0.25, 0.3) is 0 Å². The van der Waals surface area contributed by atoms with Gasteiger partial charge in [-0.1, -0.05) is 72.7 Å². The summed E-state index contributed by atoms with van der Waals surface area (Å²) in [6, 6.07) is 18.9. The highest BCUT2D eigenvalue weighted by Gasteiger charge is 2.35. The molecular weight excluding hydrogens is 352 g/mol. The molecule has 4 rings (SSSR count). The van der Waals surface area contributed by atoms with Gasteiger partial charge in [-0.3, -0.25) is 0 Å². The highest BCUT2D eigenvalue weighted by Crippen LogP contribution is 2.37. The molecule has 0 amide bonds. The zero-order valence-corrected chi connectivity index (χ0v) is 16.0. The Bertz CT molecular complexity index is 1000. The molecule has 0 fully saturated rings. The first-order chi connectivity index (χ1) is 13.5. The van der Waals surface area contributed by atoms with E-state index in [4.69, 9.17) is 9.36 Å². The maximum absolute atomic E-state index is 12.3. The average Bonchev–Trinajstić information content (AvgIpc) is 3.08. The lowest BCUT2D eigenvalue weighted by molar-refractivity contribution is 0.0514. The quantitative estimate of drug-likeness (QED) is 0.486. The molecule has 0 atom stereocenters. The van der Waals surface area contributed by atoms with Crippen molar-refractivity contribution in [3.8, 4) is 0 Å². The summed E-state index contributed by atoms with van der Waals surface area (Å²) in [7, 11) is 0. The molecule has 1 aromatic heterocycles. The van der Waals surface area contributed by atoms with Crippen LogP contribution in [0.2, 0.25) is 0 Å². The van der Waals surface area contributed by atoms with Gasteiger partial charge in [-0.15, -0.1) is 0 Å². The standard InChI is InChI=1S/C23H22N2O3/c1-23(2)14-18-21(20(27-24-18)13-16-9-5-3-6-10-16)19(15-23)25-28-22(26)17-11-7-4-8-12-17/h3-12H,13-15H2,1-2H3. The van der Waals surface area contributed by atoms with Crippen LogP contribution in [0.1, 0.15) is 53.2 Å². The van der Waals surface area contributed by atoms with Crippen LogP contribution in [0.15, 0.2) is 70.3 Å². The fraction of sp³-hybridized carbons (Fsp3) is 0.261. The first-order valence-electron chi connectivity index (χ1n) is 9.37. The lowest BCUT2D eigenvalue weighted by Gasteiger charge is -2.28. The minimum absolute atomic E-state index is 0.0358. The molecule has 1 heterocycles. The lowest BCUT2D eigenvalue weighted by atomic mass is 9.75. The SMILES string of the molecule is CC1(C)CC(=NOC(=O)c2ccccc2)c2c(noc2Cc2ccccc2)C1. The van der Waals surface area contributed by atoms with Crippen LogP contribution in [0.3, 0.4) is 0 Å². The normalized spacial score (nSPS) is 16.6. The van der Waals surface area contributed by atoms with Crippen molar-refractivity contribution in [2.45, 2.75) is 33.1 Å². The number of oxime groups is 1. The molecule has 5 nitrogen and oxygen atoms in total. The van der Waals surface area contributed by atoms with Gasteiger partial charge in [-0.05, 0) is 36.0 Å². The summed E-state index contributed by atoms with van der Waals surface area (Å²) in [6.07, 6.45) is 2.10. The maximum atomic E-state index is 12.3. The van der Waals surface area contributed by atoms with Crippen LogP contribution >= 0.6 is 0 Å². The predicted octanol–water partition coefficient (Wildman–Crippen LogP) is 4.80. The Morgan fingerprint density at radius 2 is 1.75 bits per heavy atom. The maximum Gasteiger partial charge on any atom is 0.365 e. The van der Waals surface area contributed by atoms with Crippen molar-refractivity contribution in [3.63, 3.8) is 0 Å². The monoisotopic (exact) mass is 374 g/mol. The minimum atomic E-state index is -0.473. The molecule has 142 valence electrons. The molecule has 0 bridgehead atoms. The number of fused-ring (bicyclic) bond motifs is 1. The van der Waals surface area contributed by atoms with Crippen molar-refractivity contribution in [2.24, 2.45) is 10.6 Å². The zero-order valence-electron chi connectivity index (χ0n) is 16.0. The second-order valence-electron chi connectivity index (χ2n) is 7.89. The molecule has 0 saturated heterocycles. The second-order valence-corrected chi connectivity index (χ2v) is 7.89. The number of hydrogen-bond donors (Lipinski definition) is 0. The van der Waals surface area contributed by atoms with Gasteiger partial charge < -0.3 is 9.36 Å². The van der Waals surface area contributed by atoms with Crippen molar-refractivity contribution in [1.29, 1.82) is 0 Å². The number of carbonyl (C=O) groups is 1. The molecule has 3 aromatic rings. The molecule has 0 spiro atoms. The average molecular weight is 374 g/mol. The number of benzene rings is 2. The van der Waals surface area contributed by atoms with Gasteiger partial charge in [0.15, 0.2) is 5.76 Å². The van der Waals surface area contributed by atoms with Crippen molar-refractivity contribution in [3.05, 3.63) is 88.8 Å². The Balaban J connectivity index is 1.64. The molecule has 1 aliphatic carbocycles. The number of hydrogen-bond acceptors (Lipinski definition) is 5. The molecule has 0 unspecified atom stereocenters. The van der Waals surface area contributed by atoms with Gasteiger partial charge in [-0.25, -0.2) is 4.79 Å². The van der Waals surface area contributed by atoms with Crippen molar-refractivity contribution in [2.75, 3.05) is 0 Å². The summed E-state index contributed by atoms with van der Waals surface area (Å²) in [5.74, 6) is 0.283. The fourth-order valence-corrected chi connectivity index (χ4v) is 3.57. The van der Waals surface area contributed by atoms with Gasteiger partial charge in [0.2, 0.25) is 0 Å². The Labute approximate surface area is 164 Å². The van der Waals surface area contributed by atoms with E-state index in [0.29, 0.717) is 24.1 Å². The molecular formula is C23H22N2O3. The van der Waals surface area contributed by atoms with E-state index in [9.17, 15) is 4.79 Å². The Kier molecular flexibility index (Phi) is 4.82. The van der Waals surface area contributed by atoms with Crippen LogP contribution in [-0.4, -0.2) is 16.8 Å². The van der Waals surface area contributed by atoms with Crippen molar-refractivity contribution < 1.29 is 14.2 Å². The van der Waals surface area contributed by atoms with Crippen molar-refractivity contribution >= 4 is 11.7 Å². The highest BCUT2D eigenvalue weighted by molar-refractivity contribution is 6.04. The van der Waals surface area contributed by atoms with Gasteiger partial charge in [0, 0.05) is 6.42 Å². The Morgan fingerprint density at radius 3 is 2.46 bits per heavy atom. The van der Waals surface area contributed by atoms with Crippen LogP contribution in [0, 0.1) is 5.41 Å². The summed E-state index contributed by atoms with van der Waals surface area (Å²) in [5, 5.41) is 8.53. The molecule has 28 heavy (non-hydrogen) atoms. The summed E-state index contributed by atoms with van der Waals surface area (Å²) in [5.41, 5.74) is 4.03. The molecule has 5 heteroatoms. The van der Waals surface area contributed by atoms with Gasteiger partial charge in [0.1, 0.15) is 0 Å². The van der Waals surface area contributed by atoms with E-state index < -0.39 is 5.97 Å². The summed E-state index contributed by atoms with van der Waals surface area (Å²) in [6.45, 7) is 4.30. The van der Waals surface area contributed by atoms with Crippen LogP contribution in [0.5, 0.6) is 0 Å². The summed E-state index contributed by atoms with van der Waals surface area (Å²) < 4.78 is 5.67. The molecule has 2 aromatic carbocycles. The molecule has 0 aliphatic heterocycles. The largest absolute Gasteiger partial charge is 0.365 e. The zero-order chi connectivity index (χ0) is 19.6. The topological polar surface area (TPSA) is 64.7 Å². The predicted molar refractivity (Wildman–Crippen MR) is 106 cm³/mol. The van der Waals surface area contributed by atoms with E-state index in [-0.39, 0.29) is 5.41 Å². The summed E-state index contributed by atoms with van der Waals surface area (Å²) >= 11 is 0. The number of aromatic nitrogens is 1. The van der Waals surface area contributed by atoms with E-state index in [0.717, 1.165) is 29.0 Å². The molecule has 0 radical (unpaired) electrons. The van der Waals surface area contributed by atoms with E-state index in [1.165, 1.54) is 0 Å². The smallest absolute Gasteiger partial charge is 0.360 e. The number of rotatable bonds is 4. The first-order valence-corrected chi connectivity index (χ1v) is 9.37. The van der Waals surface area contributed by atoms with Crippen LogP contribution in [0.25, 0.3) is 0 Å². The van der Waals surface area contributed by atoms with Crippen molar-refractivity contribution in [1.82, 2.24) is 5.16 Å².